The molecule has 1 N–H and O–H groups in total. The summed E-state index contributed by atoms with van der Waals surface area (Å²) < 4.78 is 11.2. The summed E-state index contributed by atoms with van der Waals surface area (Å²) in [4.78, 5) is 24.3. The van der Waals surface area contributed by atoms with Gasteiger partial charge in [-0.3, -0.25) is 9.59 Å². The predicted molar refractivity (Wildman–Crippen MR) is 97.6 cm³/mol. The monoisotopic (exact) mass is 351 g/mol. The number of hydrogen-bond donors (Lipinski definition) is 1. The highest BCUT2D eigenvalue weighted by Gasteiger charge is 2.19. The van der Waals surface area contributed by atoms with Crippen molar-refractivity contribution >= 4 is 11.7 Å². The van der Waals surface area contributed by atoms with Gasteiger partial charge in [-0.05, 0) is 48.2 Å². The van der Waals surface area contributed by atoms with Crippen LogP contribution in [0.5, 0.6) is 5.75 Å². The molecule has 0 saturated carbocycles. The summed E-state index contributed by atoms with van der Waals surface area (Å²) in [5, 5.41) is 2.94. The second-order valence-corrected chi connectivity index (χ2v) is 6.66. The van der Waals surface area contributed by atoms with Crippen molar-refractivity contribution in [3.8, 4) is 16.9 Å². The zero-order chi connectivity index (χ0) is 17.9. The number of fused-ring (bicyclic) bond motifs is 1. The first kappa shape index (κ1) is 16.8. The molecule has 0 spiro atoms. The largest absolute Gasteiger partial charge is 0.492 e. The van der Waals surface area contributed by atoms with Gasteiger partial charge in [-0.25, -0.2) is 0 Å². The normalized spacial score (nSPS) is 18.9. The van der Waals surface area contributed by atoms with Crippen molar-refractivity contribution in [2.45, 2.75) is 25.4 Å². The van der Waals surface area contributed by atoms with Gasteiger partial charge >= 0.3 is 0 Å². The molecule has 1 unspecified atom stereocenters. The SMILES string of the molecule is O=C(NCC1CCCO1)c1cccc(-c2ccc3c(c2)OCCC3=O)c1. The third-order valence-corrected chi connectivity index (χ3v) is 4.84. The second-order valence-electron chi connectivity index (χ2n) is 6.66. The zero-order valence-corrected chi connectivity index (χ0v) is 14.5. The van der Waals surface area contributed by atoms with Crippen molar-refractivity contribution < 1.29 is 19.1 Å². The predicted octanol–water partition coefficient (Wildman–Crippen LogP) is 3.23. The van der Waals surface area contributed by atoms with Crippen LogP contribution in [0.3, 0.4) is 0 Å². The second kappa shape index (κ2) is 7.30. The number of benzene rings is 2. The van der Waals surface area contributed by atoms with Gasteiger partial charge in [-0.2, -0.15) is 0 Å². The van der Waals surface area contributed by atoms with E-state index >= 15 is 0 Å². The van der Waals surface area contributed by atoms with Crippen molar-refractivity contribution in [1.29, 1.82) is 0 Å². The fourth-order valence-corrected chi connectivity index (χ4v) is 3.39. The summed E-state index contributed by atoms with van der Waals surface area (Å²) in [6.45, 7) is 1.73. The molecule has 0 bridgehead atoms. The van der Waals surface area contributed by atoms with Gasteiger partial charge in [-0.15, -0.1) is 0 Å². The highest BCUT2D eigenvalue weighted by Crippen LogP contribution is 2.31. The lowest BCUT2D eigenvalue weighted by Gasteiger charge is -2.17. The Morgan fingerprint density at radius 1 is 1.12 bits per heavy atom. The quantitative estimate of drug-likeness (QED) is 0.918. The smallest absolute Gasteiger partial charge is 0.251 e. The van der Waals surface area contributed by atoms with Crippen LogP contribution >= 0.6 is 0 Å². The summed E-state index contributed by atoms with van der Waals surface area (Å²) in [5.74, 6) is 0.624. The van der Waals surface area contributed by atoms with Crippen LogP contribution in [0.1, 0.15) is 40.0 Å². The molecule has 0 aliphatic carbocycles. The van der Waals surface area contributed by atoms with E-state index in [9.17, 15) is 9.59 Å². The van der Waals surface area contributed by atoms with Crippen LogP contribution in [0, 0.1) is 0 Å². The molecule has 1 fully saturated rings. The number of carbonyl (C=O) groups is 2. The summed E-state index contributed by atoms with van der Waals surface area (Å²) in [6.07, 6.45) is 2.59. The Morgan fingerprint density at radius 2 is 2.00 bits per heavy atom. The molecule has 1 saturated heterocycles. The van der Waals surface area contributed by atoms with Crippen LogP contribution in [0.25, 0.3) is 11.1 Å². The molecule has 0 aromatic heterocycles. The van der Waals surface area contributed by atoms with Gasteiger partial charge in [0.15, 0.2) is 5.78 Å². The van der Waals surface area contributed by atoms with Crippen molar-refractivity contribution in [1.82, 2.24) is 5.32 Å². The summed E-state index contributed by atoms with van der Waals surface area (Å²) in [5.41, 5.74) is 3.08. The fraction of sp³-hybridized carbons (Fsp3) is 0.333. The van der Waals surface area contributed by atoms with Gasteiger partial charge < -0.3 is 14.8 Å². The third kappa shape index (κ3) is 3.48. The molecular weight excluding hydrogens is 330 g/mol. The number of amides is 1. The minimum absolute atomic E-state index is 0.105. The Balaban J connectivity index is 1.52. The molecule has 1 amide bonds. The van der Waals surface area contributed by atoms with Gasteiger partial charge in [0.25, 0.3) is 5.91 Å². The molecule has 2 aliphatic rings. The van der Waals surface area contributed by atoms with E-state index in [1.807, 2.05) is 30.3 Å². The van der Waals surface area contributed by atoms with Crippen molar-refractivity contribution in [3.63, 3.8) is 0 Å². The molecule has 2 aromatic rings. The van der Waals surface area contributed by atoms with E-state index in [-0.39, 0.29) is 17.8 Å². The Bertz CT molecular complexity index is 840. The van der Waals surface area contributed by atoms with E-state index in [2.05, 4.69) is 5.32 Å². The number of rotatable bonds is 4. The first-order chi connectivity index (χ1) is 12.7. The van der Waals surface area contributed by atoms with Crippen LogP contribution in [-0.4, -0.2) is 37.6 Å². The highest BCUT2D eigenvalue weighted by atomic mass is 16.5. The lowest BCUT2D eigenvalue weighted by molar-refractivity contribution is 0.0857. The maximum Gasteiger partial charge on any atom is 0.251 e. The van der Waals surface area contributed by atoms with Crippen LogP contribution in [0.15, 0.2) is 42.5 Å². The van der Waals surface area contributed by atoms with Crippen LogP contribution < -0.4 is 10.1 Å². The fourth-order valence-electron chi connectivity index (χ4n) is 3.39. The van der Waals surface area contributed by atoms with Crippen LogP contribution in [0.2, 0.25) is 0 Å². The van der Waals surface area contributed by atoms with Gasteiger partial charge in [-0.1, -0.05) is 18.2 Å². The molecule has 4 rings (SSSR count). The number of nitrogens with one attached hydrogen (secondary N) is 1. The molecule has 2 aromatic carbocycles. The van der Waals surface area contributed by atoms with Crippen molar-refractivity contribution in [2.24, 2.45) is 0 Å². The van der Waals surface area contributed by atoms with Crippen LogP contribution in [-0.2, 0) is 4.74 Å². The first-order valence-corrected chi connectivity index (χ1v) is 9.01. The number of hydrogen-bond acceptors (Lipinski definition) is 4. The Labute approximate surface area is 152 Å². The molecule has 2 heterocycles. The minimum atomic E-state index is -0.105. The van der Waals surface area contributed by atoms with E-state index < -0.39 is 0 Å². The standard InChI is InChI=1S/C21H21NO4/c23-19-8-10-26-20-12-15(6-7-18(19)20)14-3-1-4-16(11-14)21(24)22-13-17-5-2-9-25-17/h1,3-4,6-7,11-12,17H,2,5,8-10,13H2,(H,22,24). The average molecular weight is 351 g/mol. The summed E-state index contributed by atoms with van der Waals surface area (Å²) >= 11 is 0. The number of carbonyl (C=O) groups excluding carboxylic acids is 2. The number of Topliss-reactive ketones (excluding diaryl/α,β-unsaturated/α-hetero) is 1. The van der Waals surface area contributed by atoms with E-state index in [1.54, 1.807) is 12.1 Å². The minimum Gasteiger partial charge on any atom is -0.492 e. The molecule has 134 valence electrons. The lowest BCUT2D eigenvalue weighted by atomic mass is 9.98. The van der Waals surface area contributed by atoms with E-state index in [0.717, 1.165) is 30.6 Å². The van der Waals surface area contributed by atoms with Gasteiger partial charge in [0.1, 0.15) is 5.75 Å². The van der Waals surface area contributed by atoms with E-state index in [0.29, 0.717) is 36.4 Å². The zero-order valence-electron chi connectivity index (χ0n) is 14.5. The molecular formula is C21H21NO4. The maximum absolute atomic E-state index is 12.4. The summed E-state index contributed by atoms with van der Waals surface area (Å²) in [7, 11) is 0. The molecule has 1 atom stereocenters. The number of ether oxygens (including phenoxy) is 2. The molecule has 0 radical (unpaired) electrons. The third-order valence-electron chi connectivity index (χ3n) is 4.84. The van der Waals surface area contributed by atoms with Crippen molar-refractivity contribution in [3.05, 3.63) is 53.6 Å². The Hall–Kier alpha value is -2.66. The van der Waals surface area contributed by atoms with Gasteiger partial charge in [0, 0.05) is 25.1 Å². The van der Waals surface area contributed by atoms with Gasteiger partial charge in [0.05, 0.1) is 18.3 Å². The summed E-state index contributed by atoms with van der Waals surface area (Å²) in [6, 6.07) is 13.0. The topological polar surface area (TPSA) is 64.6 Å². The van der Waals surface area contributed by atoms with E-state index in [4.69, 9.17) is 9.47 Å². The molecule has 5 nitrogen and oxygen atoms in total. The Kier molecular flexibility index (Phi) is 4.71. The Morgan fingerprint density at radius 3 is 2.85 bits per heavy atom. The first-order valence-electron chi connectivity index (χ1n) is 9.01. The highest BCUT2D eigenvalue weighted by molar-refractivity contribution is 6.00. The van der Waals surface area contributed by atoms with Crippen molar-refractivity contribution in [2.75, 3.05) is 19.8 Å². The average Bonchev–Trinajstić information content (AvgIpc) is 3.20. The lowest BCUT2D eigenvalue weighted by Crippen LogP contribution is -2.31. The molecule has 5 heteroatoms. The van der Waals surface area contributed by atoms with Gasteiger partial charge in [0.2, 0.25) is 0 Å². The maximum atomic E-state index is 12.4. The van der Waals surface area contributed by atoms with Crippen LogP contribution in [0.4, 0.5) is 0 Å². The molecule has 26 heavy (non-hydrogen) atoms. The molecule has 2 aliphatic heterocycles. The number of ketones is 1. The van der Waals surface area contributed by atoms with E-state index in [1.165, 1.54) is 0 Å².